The molecule has 0 heterocycles. The van der Waals surface area contributed by atoms with E-state index < -0.39 is 5.54 Å². The Bertz CT molecular complexity index is 483. The molecule has 1 N–H and O–H groups in total. The first-order valence-corrected chi connectivity index (χ1v) is 6.11. The molecule has 0 saturated heterocycles. The van der Waals surface area contributed by atoms with Crippen molar-refractivity contribution in [1.82, 2.24) is 5.32 Å². The van der Waals surface area contributed by atoms with Gasteiger partial charge in [-0.2, -0.15) is 5.26 Å². The highest BCUT2D eigenvalue weighted by atomic mass is 19.1. The summed E-state index contributed by atoms with van der Waals surface area (Å²) in [6.07, 6.45) is 1.99. The van der Waals surface area contributed by atoms with E-state index in [9.17, 15) is 4.39 Å². The molecule has 2 rings (SSSR count). The molecule has 0 aromatic heterocycles. The van der Waals surface area contributed by atoms with Crippen LogP contribution in [0.1, 0.15) is 24.8 Å². The van der Waals surface area contributed by atoms with Gasteiger partial charge in [-0.25, -0.2) is 4.39 Å². The Morgan fingerprint density at radius 2 is 2.33 bits per heavy atom. The molecule has 3 nitrogen and oxygen atoms in total. The van der Waals surface area contributed by atoms with Crippen molar-refractivity contribution in [2.45, 2.75) is 37.8 Å². The van der Waals surface area contributed by atoms with Gasteiger partial charge in [0.1, 0.15) is 11.6 Å². The van der Waals surface area contributed by atoms with E-state index in [1.165, 1.54) is 6.07 Å². The molecule has 1 aromatic carbocycles. The van der Waals surface area contributed by atoms with Crippen molar-refractivity contribution in [2.75, 3.05) is 7.05 Å². The lowest BCUT2D eigenvalue weighted by Gasteiger charge is -2.20. The Hall–Kier alpha value is -1.60. The lowest BCUT2D eigenvalue weighted by atomic mass is 10.0. The predicted molar refractivity (Wildman–Crippen MR) is 66.8 cm³/mol. The Labute approximate surface area is 107 Å². The second-order valence-electron chi connectivity index (χ2n) is 4.86. The smallest absolute Gasteiger partial charge is 0.165 e. The van der Waals surface area contributed by atoms with Crippen LogP contribution < -0.4 is 10.1 Å². The lowest BCUT2D eigenvalue weighted by Crippen LogP contribution is -2.39. The maximum atomic E-state index is 13.6. The van der Waals surface area contributed by atoms with Gasteiger partial charge in [-0.3, -0.25) is 0 Å². The fraction of sp³-hybridized carbons (Fsp3) is 0.500. The highest BCUT2D eigenvalue weighted by molar-refractivity contribution is 5.30. The predicted octanol–water partition coefficient (Wildman–Crippen LogP) is 2.55. The standard InChI is InChI=1S/C14H17FN2O/c1-10-3-4-12(15)13(7-10)18-11-5-6-14(8-11,9-16)17-2/h3-4,7,11,17H,5-6,8H2,1-2H3. The van der Waals surface area contributed by atoms with E-state index in [-0.39, 0.29) is 17.7 Å². The lowest BCUT2D eigenvalue weighted by molar-refractivity contribution is 0.193. The third kappa shape index (κ3) is 2.46. The monoisotopic (exact) mass is 248 g/mol. The number of hydrogen-bond acceptors (Lipinski definition) is 3. The van der Waals surface area contributed by atoms with Crippen molar-refractivity contribution >= 4 is 0 Å². The first-order chi connectivity index (χ1) is 8.58. The summed E-state index contributed by atoms with van der Waals surface area (Å²) in [5.41, 5.74) is 0.440. The minimum absolute atomic E-state index is 0.103. The normalized spacial score (nSPS) is 26.9. The average molecular weight is 248 g/mol. The molecule has 2 unspecified atom stereocenters. The van der Waals surface area contributed by atoms with Crippen LogP contribution in [0.2, 0.25) is 0 Å². The molecule has 2 atom stereocenters. The first kappa shape index (κ1) is 12.8. The largest absolute Gasteiger partial charge is 0.487 e. The van der Waals surface area contributed by atoms with Crippen LogP contribution in [-0.2, 0) is 0 Å². The number of ether oxygens (including phenoxy) is 1. The third-order valence-electron chi connectivity index (χ3n) is 3.54. The number of hydrogen-bond donors (Lipinski definition) is 1. The molecule has 1 aromatic rings. The van der Waals surface area contributed by atoms with Gasteiger partial charge in [0, 0.05) is 6.42 Å². The Kier molecular flexibility index (Phi) is 3.53. The zero-order valence-electron chi connectivity index (χ0n) is 10.7. The Morgan fingerprint density at radius 3 is 2.94 bits per heavy atom. The summed E-state index contributed by atoms with van der Waals surface area (Å²) in [5.74, 6) is -0.0654. The first-order valence-electron chi connectivity index (χ1n) is 6.11. The molecule has 1 saturated carbocycles. The molecule has 18 heavy (non-hydrogen) atoms. The number of nitrogens with zero attached hydrogens (tertiary/aromatic N) is 1. The zero-order chi connectivity index (χ0) is 13.2. The summed E-state index contributed by atoms with van der Waals surface area (Å²) < 4.78 is 19.3. The minimum Gasteiger partial charge on any atom is -0.487 e. The molecule has 1 aliphatic carbocycles. The number of rotatable bonds is 3. The third-order valence-corrected chi connectivity index (χ3v) is 3.54. The summed E-state index contributed by atoms with van der Waals surface area (Å²) in [6, 6.07) is 7.10. The average Bonchev–Trinajstić information content (AvgIpc) is 2.78. The van der Waals surface area contributed by atoms with Gasteiger partial charge >= 0.3 is 0 Å². The van der Waals surface area contributed by atoms with Crippen LogP contribution in [0.25, 0.3) is 0 Å². The Morgan fingerprint density at radius 1 is 1.56 bits per heavy atom. The molecule has 0 bridgehead atoms. The molecule has 1 aliphatic rings. The molecular formula is C14H17FN2O. The summed E-state index contributed by atoms with van der Waals surface area (Å²) in [6.45, 7) is 1.90. The number of benzene rings is 1. The van der Waals surface area contributed by atoms with Crippen LogP contribution in [0.4, 0.5) is 4.39 Å². The van der Waals surface area contributed by atoms with Crippen LogP contribution in [-0.4, -0.2) is 18.7 Å². The topological polar surface area (TPSA) is 45.0 Å². The summed E-state index contributed by atoms with van der Waals surface area (Å²) in [4.78, 5) is 0. The van der Waals surface area contributed by atoms with Crippen LogP contribution >= 0.6 is 0 Å². The maximum absolute atomic E-state index is 13.6. The van der Waals surface area contributed by atoms with Crippen molar-refractivity contribution in [3.63, 3.8) is 0 Å². The van der Waals surface area contributed by atoms with E-state index in [1.807, 2.05) is 6.92 Å². The summed E-state index contributed by atoms with van der Waals surface area (Å²) >= 11 is 0. The second-order valence-corrected chi connectivity index (χ2v) is 4.86. The van der Waals surface area contributed by atoms with E-state index in [1.54, 1.807) is 19.2 Å². The maximum Gasteiger partial charge on any atom is 0.165 e. The minimum atomic E-state index is -0.523. The summed E-state index contributed by atoms with van der Waals surface area (Å²) in [7, 11) is 1.78. The van der Waals surface area contributed by atoms with Gasteiger partial charge in [0.25, 0.3) is 0 Å². The van der Waals surface area contributed by atoms with Gasteiger partial charge in [-0.15, -0.1) is 0 Å². The van der Waals surface area contributed by atoms with Crippen molar-refractivity contribution < 1.29 is 9.13 Å². The molecule has 96 valence electrons. The molecule has 0 aliphatic heterocycles. The fourth-order valence-electron chi connectivity index (χ4n) is 2.37. The van der Waals surface area contributed by atoms with Crippen molar-refractivity contribution in [3.05, 3.63) is 29.6 Å². The molecule has 0 radical (unpaired) electrons. The van der Waals surface area contributed by atoms with Gasteiger partial charge in [0.2, 0.25) is 0 Å². The van der Waals surface area contributed by atoms with Crippen LogP contribution in [0.5, 0.6) is 5.75 Å². The molecule has 0 amide bonds. The highest BCUT2D eigenvalue weighted by Gasteiger charge is 2.39. The molecule has 4 heteroatoms. The van der Waals surface area contributed by atoms with E-state index in [4.69, 9.17) is 10.00 Å². The number of nitriles is 1. The van der Waals surface area contributed by atoms with E-state index in [0.717, 1.165) is 18.4 Å². The van der Waals surface area contributed by atoms with Crippen molar-refractivity contribution in [2.24, 2.45) is 0 Å². The fourth-order valence-corrected chi connectivity index (χ4v) is 2.37. The van der Waals surface area contributed by atoms with Crippen LogP contribution in [0, 0.1) is 24.1 Å². The Balaban J connectivity index is 2.08. The van der Waals surface area contributed by atoms with Gasteiger partial charge in [0.15, 0.2) is 11.6 Å². The van der Waals surface area contributed by atoms with Gasteiger partial charge in [0.05, 0.1) is 6.07 Å². The molecule has 1 fully saturated rings. The summed E-state index contributed by atoms with van der Waals surface area (Å²) in [5, 5.41) is 12.2. The van der Waals surface area contributed by atoms with Crippen molar-refractivity contribution in [1.29, 1.82) is 5.26 Å². The van der Waals surface area contributed by atoms with Crippen molar-refractivity contribution in [3.8, 4) is 11.8 Å². The van der Waals surface area contributed by atoms with Gasteiger partial charge in [-0.05, 0) is 44.5 Å². The quantitative estimate of drug-likeness (QED) is 0.894. The van der Waals surface area contributed by atoms with Gasteiger partial charge in [-0.1, -0.05) is 6.07 Å². The van der Waals surface area contributed by atoms with Gasteiger partial charge < -0.3 is 10.1 Å². The second kappa shape index (κ2) is 4.95. The van der Waals surface area contributed by atoms with E-state index in [0.29, 0.717) is 6.42 Å². The van der Waals surface area contributed by atoms with Crippen LogP contribution in [0.3, 0.4) is 0 Å². The number of aryl methyl sites for hydroxylation is 1. The SMILES string of the molecule is CNC1(C#N)CCC(Oc2cc(C)ccc2F)C1. The number of halogens is 1. The van der Waals surface area contributed by atoms with E-state index >= 15 is 0 Å². The molecule has 0 spiro atoms. The molecular weight excluding hydrogens is 231 g/mol. The number of nitrogens with one attached hydrogen (secondary N) is 1. The zero-order valence-corrected chi connectivity index (χ0v) is 10.7. The van der Waals surface area contributed by atoms with Crippen LogP contribution in [0.15, 0.2) is 18.2 Å². The van der Waals surface area contributed by atoms with E-state index in [2.05, 4.69) is 11.4 Å². The highest BCUT2D eigenvalue weighted by Crippen LogP contribution is 2.33.